The molecule has 0 atom stereocenters. The van der Waals surface area contributed by atoms with Gasteiger partial charge in [-0.05, 0) is 70.8 Å². The van der Waals surface area contributed by atoms with E-state index >= 15 is 0 Å². The molecular formula is C44H26N4S2. The smallest absolute Gasteiger partial charge is 0.127 e. The maximum atomic E-state index is 5.12. The maximum Gasteiger partial charge on any atom is 0.127 e. The van der Waals surface area contributed by atoms with Crippen molar-refractivity contribution in [3.8, 4) is 54.8 Å². The molecule has 4 aromatic heterocycles. The van der Waals surface area contributed by atoms with Crippen molar-refractivity contribution < 1.29 is 0 Å². The summed E-state index contributed by atoms with van der Waals surface area (Å²) >= 11 is 3.58. The predicted molar refractivity (Wildman–Crippen MR) is 209 cm³/mol. The average Bonchev–Trinajstić information content (AvgIpc) is 4.00. The molecule has 0 N–H and O–H groups in total. The van der Waals surface area contributed by atoms with Crippen molar-refractivity contribution in [3.63, 3.8) is 0 Å². The van der Waals surface area contributed by atoms with Crippen LogP contribution in [0.15, 0.2) is 133 Å². The summed E-state index contributed by atoms with van der Waals surface area (Å²) in [6.45, 7) is 1.72. The fraction of sp³-hybridized carbons (Fsp3) is 0.0455. The van der Waals surface area contributed by atoms with Crippen molar-refractivity contribution in [3.05, 3.63) is 145 Å². The monoisotopic (exact) mass is 674 g/mol. The van der Waals surface area contributed by atoms with E-state index in [1.54, 1.807) is 22.7 Å². The standard InChI is InChI=1S/C44H26N4S2/c1-5-13-35-31(9-1)39(43-45-33-11-3-7-15-37(33)49-43)41-29-19-17-25(21-27(29)23-47(35)41)26-18-20-30-28(22-26)24-48-36-14-6-2-10-32(36)40(42(30)48)44-46-34-12-4-8-16-38(34)50-44/h1-22H,23-24H2. The summed E-state index contributed by atoms with van der Waals surface area (Å²) < 4.78 is 7.44. The molecule has 0 bridgehead atoms. The molecule has 0 amide bonds. The van der Waals surface area contributed by atoms with Crippen LogP contribution in [0.2, 0.25) is 0 Å². The number of rotatable bonds is 3. The molecule has 50 heavy (non-hydrogen) atoms. The predicted octanol–water partition coefficient (Wildman–Crippen LogP) is 11.9. The van der Waals surface area contributed by atoms with Gasteiger partial charge in [0.2, 0.25) is 0 Å². The highest BCUT2D eigenvalue weighted by Crippen LogP contribution is 2.50. The molecule has 6 aromatic carbocycles. The van der Waals surface area contributed by atoms with Crippen LogP contribution >= 0.6 is 22.7 Å². The van der Waals surface area contributed by atoms with E-state index in [0.29, 0.717) is 0 Å². The normalized spacial score (nSPS) is 13.0. The third-order valence-corrected chi connectivity index (χ3v) is 12.8. The lowest BCUT2D eigenvalue weighted by molar-refractivity contribution is 0.886. The van der Waals surface area contributed by atoms with E-state index in [-0.39, 0.29) is 0 Å². The van der Waals surface area contributed by atoms with Crippen molar-refractivity contribution >= 4 is 64.9 Å². The van der Waals surface area contributed by atoms with Crippen molar-refractivity contribution in [1.29, 1.82) is 0 Å². The number of benzene rings is 6. The summed E-state index contributed by atoms with van der Waals surface area (Å²) in [4.78, 5) is 10.2. The third kappa shape index (κ3) is 3.64. The summed E-state index contributed by atoms with van der Waals surface area (Å²) in [5.74, 6) is 0. The number of hydrogen-bond acceptors (Lipinski definition) is 4. The Morgan fingerprint density at radius 2 is 0.900 bits per heavy atom. The highest BCUT2D eigenvalue weighted by molar-refractivity contribution is 7.22. The number of hydrogen-bond donors (Lipinski definition) is 0. The molecule has 0 aliphatic carbocycles. The Kier molecular flexibility index (Phi) is 5.35. The van der Waals surface area contributed by atoms with Gasteiger partial charge in [-0.15, -0.1) is 22.7 Å². The van der Waals surface area contributed by atoms with Gasteiger partial charge in [0.1, 0.15) is 10.0 Å². The summed E-state index contributed by atoms with van der Waals surface area (Å²) in [6.07, 6.45) is 0. The van der Waals surface area contributed by atoms with Crippen LogP contribution in [0.25, 0.3) is 97.0 Å². The summed E-state index contributed by atoms with van der Waals surface area (Å²) in [7, 11) is 0. The van der Waals surface area contributed by atoms with Gasteiger partial charge in [-0.2, -0.15) is 0 Å². The highest BCUT2D eigenvalue weighted by atomic mass is 32.1. The van der Waals surface area contributed by atoms with E-state index in [0.717, 1.165) is 34.1 Å². The molecule has 12 rings (SSSR count). The Morgan fingerprint density at radius 1 is 0.460 bits per heavy atom. The number of fused-ring (bicyclic) bond motifs is 12. The van der Waals surface area contributed by atoms with Gasteiger partial charge in [0.15, 0.2) is 0 Å². The second kappa shape index (κ2) is 9.88. The first-order valence-corrected chi connectivity index (χ1v) is 18.6. The van der Waals surface area contributed by atoms with E-state index in [9.17, 15) is 0 Å². The lowest BCUT2D eigenvalue weighted by Crippen LogP contribution is -1.93. The van der Waals surface area contributed by atoms with Crippen LogP contribution in [0.3, 0.4) is 0 Å². The van der Waals surface area contributed by atoms with Crippen LogP contribution in [0, 0.1) is 0 Å². The fourth-order valence-electron chi connectivity index (χ4n) is 8.50. The Hall–Kier alpha value is -5.82. The summed E-state index contributed by atoms with van der Waals surface area (Å²) in [5, 5.41) is 4.73. The third-order valence-electron chi connectivity index (χ3n) is 10.7. The molecule has 0 fully saturated rings. The number of para-hydroxylation sites is 4. The fourth-order valence-corrected chi connectivity index (χ4v) is 10.5. The molecule has 6 heteroatoms. The molecule has 10 aromatic rings. The second-order valence-electron chi connectivity index (χ2n) is 13.4. The molecular weight excluding hydrogens is 649 g/mol. The van der Waals surface area contributed by atoms with Crippen molar-refractivity contribution in [2.75, 3.05) is 0 Å². The van der Waals surface area contributed by atoms with Crippen molar-refractivity contribution in [2.24, 2.45) is 0 Å². The van der Waals surface area contributed by atoms with E-state index < -0.39 is 0 Å². The largest absolute Gasteiger partial charge is 0.335 e. The zero-order valence-electron chi connectivity index (χ0n) is 26.7. The first-order chi connectivity index (χ1) is 24.8. The minimum absolute atomic E-state index is 0.859. The molecule has 0 unspecified atom stereocenters. The molecule has 6 heterocycles. The van der Waals surface area contributed by atoms with Gasteiger partial charge >= 0.3 is 0 Å². The maximum absolute atomic E-state index is 5.12. The zero-order chi connectivity index (χ0) is 32.5. The number of aromatic nitrogens is 4. The topological polar surface area (TPSA) is 35.6 Å². The van der Waals surface area contributed by atoms with Crippen LogP contribution in [0.4, 0.5) is 0 Å². The molecule has 0 spiro atoms. The van der Waals surface area contributed by atoms with Gasteiger partial charge in [-0.1, -0.05) is 84.9 Å². The van der Waals surface area contributed by atoms with Gasteiger partial charge < -0.3 is 9.13 Å². The molecule has 0 radical (unpaired) electrons. The van der Waals surface area contributed by atoms with E-state index in [1.165, 1.54) is 87.1 Å². The average molecular weight is 675 g/mol. The lowest BCUT2D eigenvalue weighted by Gasteiger charge is -2.09. The van der Waals surface area contributed by atoms with E-state index in [1.807, 2.05) is 0 Å². The molecule has 0 saturated carbocycles. The van der Waals surface area contributed by atoms with Gasteiger partial charge in [0.05, 0.1) is 31.8 Å². The first-order valence-electron chi connectivity index (χ1n) is 17.0. The quantitative estimate of drug-likeness (QED) is 0.187. The number of thiazole rings is 2. The Labute approximate surface area is 295 Å². The Bertz CT molecular complexity index is 2790. The van der Waals surface area contributed by atoms with Crippen LogP contribution in [-0.4, -0.2) is 19.1 Å². The van der Waals surface area contributed by atoms with Gasteiger partial charge in [-0.3, -0.25) is 0 Å². The van der Waals surface area contributed by atoms with Crippen LogP contribution in [-0.2, 0) is 13.1 Å². The second-order valence-corrected chi connectivity index (χ2v) is 15.4. The summed E-state index contributed by atoms with van der Waals surface area (Å²) in [6, 6.07) is 48.7. The van der Waals surface area contributed by atoms with Crippen LogP contribution in [0.5, 0.6) is 0 Å². The SMILES string of the molecule is c1ccc2sc(-c3c4n(c5ccccc35)Cc3cc(-c5ccc6c(c5)Cn5c-6c(-c6nc7ccccc7s6)c6ccccc65)ccc3-4)nc2c1. The minimum Gasteiger partial charge on any atom is -0.335 e. The molecule has 0 saturated heterocycles. The number of nitrogens with zero attached hydrogens (tertiary/aromatic N) is 4. The molecule has 2 aliphatic rings. The van der Waals surface area contributed by atoms with E-state index in [2.05, 4.69) is 143 Å². The minimum atomic E-state index is 0.859. The van der Waals surface area contributed by atoms with Crippen molar-refractivity contribution in [1.82, 2.24) is 19.1 Å². The van der Waals surface area contributed by atoms with Gasteiger partial charge in [-0.25, -0.2) is 9.97 Å². The van der Waals surface area contributed by atoms with Gasteiger partial charge in [0, 0.05) is 57.1 Å². The molecule has 234 valence electrons. The zero-order valence-corrected chi connectivity index (χ0v) is 28.4. The Balaban J connectivity index is 0.973. The molecule has 4 nitrogen and oxygen atoms in total. The van der Waals surface area contributed by atoms with Crippen molar-refractivity contribution in [2.45, 2.75) is 13.1 Å². The lowest BCUT2D eigenvalue weighted by atomic mass is 9.94. The highest BCUT2D eigenvalue weighted by Gasteiger charge is 2.31. The van der Waals surface area contributed by atoms with Gasteiger partial charge in [0.25, 0.3) is 0 Å². The first kappa shape index (κ1) is 27.1. The molecule has 2 aliphatic heterocycles. The Morgan fingerprint density at radius 3 is 1.38 bits per heavy atom. The van der Waals surface area contributed by atoms with E-state index in [4.69, 9.17) is 9.97 Å². The van der Waals surface area contributed by atoms with Crippen LogP contribution < -0.4 is 0 Å². The summed E-state index contributed by atoms with van der Waals surface area (Å²) in [5.41, 5.74) is 17.6. The van der Waals surface area contributed by atoms with Crippen LogP contribution in [0.1, 0.15) is 11.1 Å².